The molecule has 1 aromatic rings. The lowest BCUT2D eigenvalue weighted by Gasteiger charge is -1.91. The fraction of sp³-hybridized carbons (Fsp3) is 0.333. The summed E-state index contributed by atoms with van der Waals surface area (Å²) in [5.74, 6) is 0. The topological polar surface area (TPSA) is 45.7 Å². The van der Waals surface area contributed by atoms with Crippen molar-refractivity contribution < 1.29 is 5.11 Å². The highest BCUT2D eigenvalue weighted by Gasteiger charge is 1.90. The second-order valence-corrected chi connectivity index (χ2v) is 1.79. The van der Waals surface area contributed by atoms with Gasteiger partial charge in [-0.15, -0.1) is 0 Å². The van der Waals surface area contributed by atoms with Crippen LogP contribution in [-0.2, 0) is 11.7 Å². The molecular formula is C6H7N2O. The van der Waals surface area contributed by atoms with Crippen LogP contribution in [0.15, 0.2) is 12.4 Å². The zero-order valence-corrected chi connectivity index (χ0v) is 5.16. The molecule has 0 spiro atoms. The van der Waals surface area contributed by atoms with Crippen LogP contribution in [0.2, 0.25) is 0 Å². The highest BCUT2D eigenvalue weighted by atomic mass is 16.3. The first-order valence-corrected chi connectivity index (χ1v) is 2.68. The maximum Gasteiger partial charge on any atom is 0.126 e. The average Bonchev–Trinajstić information content (AvgIpc) is 1.90. The first-order valence-electron chi connectivity index (χ1n) is 2.68. The summed E-state index contributed by atoms with van der Waals surface area (Å²) in [6, 6.07) is 0. The molecule has 0 aliphatic heterocycles. The van der Waals surface area contributed by atoms with Gasteiger partial charge in [0.1, 0.15) is 6.61 Å². The van der Waals surface area contributed by atoms with Gasteiger partial charge in [0.25, 0.3) is 0 Å². The van der Waals surface area contributed by atoms with Crippen molar-refractivity contribution in [1.29, 1.82) is 0 Å². The summed E-state index contributed by atoms with van der Waals surface area (Å²) in [5, 5.41) is 10.1. The summed E-state index contributed by atoms with van der Waals surface area (Å²) in [4.78, 5) is 7.71. The van der Waals surface area contributed by atoms with E-state index in [4.69, 9.17) is 0 Å². The standard InChI is InChI=1S/C6H7N2O/c1-5-2-8-6(4-9)3-7-5/h2-3H,4H2,1H3. The van der Waals surface area contributed by atoms with Crippen LogP contribution in [0.1, 0.15) is 11.4 Å². The molecule has 0 saturated carbocycles. The molecule has 0 N–H and O–H groups in total. The highest BCUT2D eigenvalue weighted by Crippen LogP contribution is 1.92. The zero-order valence-electron chi connectivity index (χ0n) is 5.16. The maximum atomic E-state index is 10.1. The summed E-state index contributed by atoms with van der Waals surface area (Å²) in [7, 11) is 0. The van der Waals surface area contributed by atoms with Crippen molar-refractivity contribution in [3.8, 4) is 0 Å². The van der Waals surface area contributed by atoms with Gasteiger partial charge in [-0.3, -0.25) is 9.97 Å². The predicted molar refractivity (Wildman–Crippen MR) is 31.2 cm³/mol. The monoisotopic (exact) mass is 123 g/mol. The summed E-state index contributed by atoms with van der Waals surface area (Å²) >= 11 is 0. The minimum atomic E-state index is -0.284. The molecule has 0 aromatic carbocycles. The molecule has 3 nitrogen and oxygen atoms in total. The Bertz CT molecular complexity index is 183. The first kappa shape index (κ1) is 6.16. The Morgan fingerprint density at radius 1 is 1.44 bits per heavy atom. The van der Waals surface area contributed by atoms with E-state index in [2.05, 4.69) is 9.97 Å². The fourth-order valence-electron chi connectivity index (χ4n) is 0.494. The number of rotatable bonds is 1. The fourth-order valence-corrected chi connectivity index (χ4v) is 0.494. The van der Waals surface area contributed by atoms with E-state index in [1.165, 1.54) is 6.20 Å². The van der Waals surface area contributed by atoms with Crippen LogP contribution in [0, 0.1) is 6.92 Å². The third kappa shape index (κ3) is 1.47. The van der Waals surface area contributed by atoms with Crippen LogP contribution < -0.4 is 0 Å². The molecule has 0 amide bonds. The van der Waals surface area contributed by atoms with Crippen LogP contribution >= 0.6 is 0 Å². The highest BCUT2D eigenvalue weighted by molar-refractivity contribution is 4.98. The molecule has 1 aromatic heterocycles. The maximum absolute atomic E-state index is 10.1. The Morgan fingerprint density at radius 3 is 2.67 bits per heavy atom. The minimum absolute atomic E-state index is 0.284. The summed E-state index contributed by atoms with van der Waals surface area (Å²) in [6.45, 7) is 1.55. The van der Waals surface area contributed by atoms with Crippen LogP contribution in [0.3, 0.4) is 0 Å². The van der Waals surface area contributed by atoms with Gasteiger partial charge in [-0.2, -0.15) is 0 Å². The Labute approximate surface area is 53.4 Å². The SMILES string of the molecule is Cc1cnc(C[O])cn1. The molecule has 0 bridgehead atoms. The van der Waals surface area contributed by atoms with Crippen molar-refractivity contribution in [1.82, 2.24) is 9.97 Å². The normalized spacial score (nSPS) is 9.56. The molecular weight excluding hydrogens is 116 g/mol. The van der Waals surface area contributed by atoms with E-state index in [0.717, 1.165) is 5.69 Å². The Balaban J connectivity index is 2.88. The number of hydrogen-bond acceptors (Lipinski definition) is 2. The Kier molecular flexibility index (Phi) is 1.75. The Morgan fingerprint density at radius 2 is 2.22 bits per heavy atom. The molecule has 0 aliphatic carbocycles. The van der Waals surface area contributed by atoms with Crippen molar-refractivity contribution >= 4 is 0 Å². The molecule has 0 aliphatic rings. The van der Waals surface area contributed by atoms with E-state index in [1.807, 2.05) is 6.92 Å². The van der Waals surface area contributed by atoms with Gasteiger partial charge in [-0.25, -0.2) is 5.11 Å². The zero-order chi connectivity index (χ0) is 6.69. The predicted octanol–water partition coefficient (Wildman–Crippen LogP) is 0.716. The van der Waals surface area contributed by atoms with Gasteiger partial charge in [0.2, 0.25) is 0 Å². The number of aromatic nitrogens is 2. The van der Waals surface area contributed by atoms with Crippen molar-refractivity contribution in [2.75, 3.05) is 0 Å². The lowest BCUT2D eigenvalue weighted by Crippen LogP contribution is -1.90. The molecule has 1 radical (unpaired) electrons. The van der Waals surface area contributed by atoms with Gasteiger partial charge < -0.3 is 0 Å². The van der Waals surface area contributed by atoms with Gasteiger partial charge in [0.15, 0.2) is 0 Å². The van der Waals surface area contributed by atoms with Crippen molar-refractivity contribution in [3.05, 3.63) is 23.8 Å². The van der Waals surface area contributed by atoms with E-state index in [1.54, 1.807) is 6.20 Å². The van der Waals surface area contributed by atoms with Crippen molar-refractivity contribution in [2.45, 2.75) is 13.5 Å². The van der Waals surface area contributed by atoms with Gasteiger partial charge in [0.05, 0.1) is 17.6 Å². The minimum Gasteiger partial charge on any atom is -0.258 e. The van der Waals surface area contributed by atoms with Crippen LogP contribution in [-0.4, -0.2) is 9.97 Å². The summed E-state index contributed by atoms with van der Waals surface area (Å²) in [6.07, 6.45) is 3.09. The van der Waals surface area contributed by atoms with Gasteiger partial charge in [0, 0.05) is 6.20 Å². The number of aryl methyl sites for hydroxylation is 1. The quantitative estimate of drug-likeness (QED) is 0.552. The number of hydrogen-bond donors (Lipinski definition) is 0. The van der Waals surface area contributed by atoms with Crippen LogP contribution in [0.4, 0.5) is 0 Å². The van der Waals surface area contributed by atoms with Crippen LogP contribution in [0.5, 0.6) is 0 Å². The largest absolute Gasteiger partial charge is 0.258 e. The lowest BCUT2D eigenvalue weighted by molar-refractivity contribution is 0.173. The molecule has 47 valence electrons. The summed E-state index contributed by atoms with van der Waals surface area (Å²) < 4.78 is 0. The second kappa shape index (κ2) is 2.55. The molecule has 3 heteroatoms. The van der Waals surface area contributed by atoms with E-state index in [9.17, 15) is 5.11 Å². The van der Waals surface area contributed by atoms with E-state index in [-0.39, 0.29) is 6.61 Å². The lowest BCUT2D eigenvalue weighted by atomic mass is 10.4. The molecule has 1 rings (SSSR count). The van der Waals surface area contributed by atoms with Gasteiger partial charge >= 0.3 is 0 Å². The van der Waals surface area contributed by atoms with Gasteiger partial charge in [-0.05, 0) is 6.92 Å². The molecule has 1 heterocycles. The van der Waals surface area contributed by atoms with Gasteiger partial charge in [-0.1, -0.05) is 0 Å². The van der Waals surface area contributed by atoms with E-state index in [0.29, 0.717) is 5.69 Å². The second-order valence-electron chi connectivity index (χ2n) is 1.79. The van der Waals surface area contributed by atoms with E-state index < -0.39 is 0 Å². The van der Waals surface area contributed by atoms with Crippen molar-refractivity contribution in [3.63, 3.8) is 0 Å². The molecule has 0 saturated heterocycles. The van der Waals surface area contributed by atoms with Crippen LogP contribution in [0.25, 0.3) is 0 Å². The third-order valence-corrected chi connectivity index (χ3v) is 0.982. The Hall–Kier alpha value is -0.960. The smallest absolute Gasteiger partial charge is 0.126 e. The third-order valence-electron chi connectivity index (χ3n) is 0.982. The van der Waals surface area contributed by atoms with Crippen molar-refractivity contribution in [2.24, 2.45) is 0 Å². The summed E-state index contributed by atoms with van der Waals surface area (Å²) in [5.41, 5.74) is 1.34. The average molecular weight is 123 g/mol. The number of nitrogens with zero attached hydrogens (tertiary/aromatic N) is 2. The molecule has 0 unspecified atom stereocenters. The molecule has 0 atom stereocenters. The first-order chi connectivity index (χ1) is 4.33. The van der Waals surface area contributed by atoms with E-state index >= 15 is 0 Å². The molecule has 0 fully saturated rings. The molecule has 9 heavy (non-hydrogen) atoms.